The first-order valence-corrected chi connectivity index (χ1v) is 10.5. The molecule has 0 unspecified atom stereocenters. The summed E-state index contributed by atoms with van der Waals surface area (Å²) in [5.74, 6) is 0.158. The van der Waals surface area contributed by atoms with Crippen LogP contribution in [0.15, 0.2) is 40.2 Å². The zero-order valence-corrected chi connectivity index (χ0v) is 16.7. The van der Waals surface area contributed by atoms with Gasteiger partial charge in [0, 0.05) is 30.0 Å². The number of fused-ring (bicyclic) bond motifs is 1. The number of nitrogens with one attached hydrogen (secondary N) is 2. The lowest BCUT2D eigenvalue weighted by atomic mass is 10.3. The summed E-state index contributed by atoms with van der Waals surface area (Å²) in [6.45, 7) is 4.29. The Labute approximate surface area is 167 Å². The minimum Gasteiger partial charge on any atom is -0.319 e. The van der Waals surface area contributed by atoms with E-state index in [4.69, 9.17) is 0 Å². The molecule has 2 aromatic heterocycles. The van der Waals surface area contributed by atoms with Gasteiger partial charge in [-0.1, -0.05) is 6.07 Å². The van der Waals surface area contributed by atoms with Gasteiger partial charge >= 0.3 is 0 Å². The first kappa shape index (κ1) is 19.0. The third-order valence-corrected chi connectivity index (χ3v) is 5.73. The second-order valence-electron chi connectivity index (χ2n) is 6.71. The van der Waals surface area contributed by atoms with Crippen LogP contribution in [0.2, 0.25) is 0 Å². The highest BCUT2D eigenvalue weighted by atomic mass is 32.2. The number of aryl methyl sites for hydroxylation is 2. The van der Waals surface area contributed by atoms with E-state index in [0.29, 0.717) is 30.3 Å². The van der Waals surface area contributed by atoms with Gasteiger partial charge in [-0.3, -0.25) is 14.5 Å². The SMILES string of the molecule is Cc1cc(C)n2nc(C(=O)Nc3cccc(S(=O)(=O)NC4=NCCC4)c3)nc2n1. The number of carbonyl (C=O) groups is 1. The van der Waals surface area contributed by atoms with E-state index in [9.17, 15) is 13.2 Å². The van der Waals surface area contributed by atoms with Gasteiger partial charge in [-0.2, -0.15) is 4.98 Å². The summed E-state index contributed by atoms with van der Waals surface area (Å²) in [4.78, 5) is 25.1. The van der Waals surface area contributed by atoms with Crippen molar-refractivity contribution in [1.82, 2.24) is 24.3 Å². The van der Waals surface area contributed by atoms with Crippen molar-refractivity contribution in [3.63, 3.8) is 0 Å². The van der Waals surface area contributed by atoms with Crippen molar-refractivity contribution < 1.29 is 13.2 Å². The number of sulfonamides is 1. The lowest BCUT2D eigenvalue weighted by Crippen LogP contribution is -2.29. The number of hydrogen-bond donors (Lipinski definition) is 2. The lowest BCUT2D eigenvalue weighted by Gasteiger charge is -2.09. The van der Waals surface area contributed by atoms with Crippen molar-refractivity contribution in [1.29, 1.82) is 0 Å². The number of hydrogen-bond acceptors (Lipinski definition) is 7. The molecule has 11 heteroatoms. The van der Waals surface area contributed by atoms with Crippen LogP contribution in [0.3, 0.4) is 0 Å². The van der Waals surface area contributed by atoms with Gasteiger partial charge in [-0.15, -0.1) is 5.10 Å². The zero-order chi connectivity index (χ0) is 20.6. The topological polar surface area (TPSA) is 131 Å². The largest absolute Gasteiger partial charge is 0.319 e. The van der Waals surface area contributed by atoms with Crippen LogP contribution in [-0.2, 0) is 10.0 Å². The molecule has 3 aromatic rings. The van der Waals surface area contributed by atoms with Crippen molar-refractivity contribution >= 4 is 33.2 Å². The molecule has 4 rings (SSSR count). The summed E-state index contributed by atoms with van der Waals surface area (Å²) in [5.41, 5.74) is 1.88. The standard InChI is InChI=1S/C18H19N7O3S/c1-11-9-12(2)25-18(20-11)22-16(23-25)17(26)21-13-5-3-6-14(10-13)29(27,28)24-15-7-4-8-19-15/h3,5-6,9-10H,4,7-8H2,1-2H3,(H,19,24)(H,21,26). The number of amides is 1. The Morgan fingerprint density at radius 3 is 2.76 bits per heavy atom. The van der Waals surface area contributed by atoms with Crippen molar-refractivity contribution in [2.45, 2.75) is 31.6 Å². The summed E-state index contributed by atoms with van der Waals surface area (Å²) < 4.78 is 29.1. The summed E-state index contributed by atoms with van der Waals surface area (Å²) in [7, 11) is -3.77. The number of aromatic nitrogens is 4. The number of anilines is 1. The molecule has 29 heavy (non-hydrogen) atoms. The number of benzene rings is 1. The Bertz CT molecular complexity index is 1250. The molecule has 0 radical (unpaired) electrons. The smallest absolute Gasteiger partial charge is 0.295 e. The van der Waals surface area contributed by atoms with Gasteiger partial charge in [0.25, 0.3) is 21.7 Å². The monoisotopic (exact) mass is 413 g/mol. The summed E-state index contributed by atoms with van der Waals surface area (Å²) in [5, 5.41) is 6.81. The maximum Gasteiger partial charge on any atom is 0.295 e. The Morgan fingerprint density at radius 1 is 1.17 bits per heavy atom. The number of rotatable bonds is 4. The minimum atomic E-state index is -3.77. The minimum absolute atomic E-state index is 0.0287. The molecule has 1 aromatic carbocycles. The molecule has 0 spiro atoms. The van der Waals surface area contributed by atoms with Gasteiger partial charge < -0.3 is 5.32 Å². The third-order valence-electron chi connectivity index (χ3n) is 4.35. The molecule has 3 heterocycles. The van der Waals surface area contributed by atoms with Crippen LogP contribution in [0.5, 0.6) is 0 Å². The van der Waals surface area contributed by atoms with Crippen LogP contribution in [-0.4, -0.2) is 46.3 Å². The first-order chi connectivity index (χ1) is 13.8. The molecule has 10 nitrogen and oxygen atoms in total. The Kier molecular flexibility index (Phi) is 4.74. The molecule has 150 valence electrons. The van der Waals surface area contributed by atoms with E-state index in [-0.39, 0.29) is 10.7 Å². The van der Waals surface area contributed by atoms with Gasteiger partial charge in [0.05, 0.1) is 4.90 Å². The molecular formula is C18H19N7O3S. The van der Waals surface area contributed by atoms with Gasteiger partial charge in [-0.05, 0) is 44.5 Å². The van der Waals surface area contributed by atoms with E-state index in [0.717, 1.165) is 17.8 Å². The number of amidine groups is 1. The highest BCUT2D eigenvalue weighted by Crippen LogP contribution is 2.17. The highest BCUT2D eigenvalue weighted by molar-refractivity contribution is 7.90. The van der Waals surface area contributed by atoms with Crippen LogP contribution in [0.4, 0.5) is 5.69 Å². The average Bonchev–Trinajstić information content (AvgIpc) is 3.31. The molecule has 0 bridgehead atoms. The van der Waals surface area contributed by atoms with E-state index < -0.39 is 15.9 Å². The fraction of sp³-hybridized carbons (Fsp3) is 0.278. The van der Waals surface area contributed by atoms with Crippen molar-refractivity contribution in [2.24, 2.45) is 4.99 Å². The van der Waals surface area contributed by atoms with Crippen LogP contribution >= 0.6 is 0 Å². The Hall–Kier alpha value is -3.34. The maximum absolute atomic E-state index is 12.6. The van der Waals surface area contributed by atoms with Crippen molar-refractivity contribution in [2.75, 3.05) is 11.9 Å². The van der Waals surface area contributed by atoms with E-state index >= 15 is 0 Å². The Balaban J connectivity index is 1.56. The molecule has 0 atom stereocenters. The van der Waals surface area contributed by atoms with Crippen molar-refractivity contribution in [3.05, 3.63) is 47.5 Å². The number of aliphatic imine (C=N–C) groups is 1. The molecule has 0 aliphatic carbocycles. The molecular weight excluding hydrogens is 394 g/mol. The van der Waals surface area contributed by atoms with Crippen LogP contribution in [0.1, 0.15) is 34.8 Å². The van der Waals surface area contributed by atoms with Gasteiger partial charge in [0.2, 0.25) is 5.82 Å². The fourth-order valence-electron chi connectivity index (χ4n) is 3.03. The predicted octanol–water partition coefficient (Wildman–Crippen LogP) is 1.46. The third kappa shape index (κ3) is 3.94. The fourth-order valence-corrected chi connectivity index (χ4v) is 4.16. The van der Waals surface area contributed by atoms with Gasteiger partial charge in [0.1, 0.15) is 5.84 Å². The summed E-state index contributed by atoms with van der Waals surface area (Å²) >= 11 is 0. The first-order valence-electron chi connectivity index (χ1n) is 9.00. The van der Waals surface area contributed by atoms with E-state index in [1.807, 2.05) is 19.9 Å². The molecule has 0 saturated heterocycles. The quantitative estimate of drug-likeness (QED) is 0.666. The van der Waals surface area contributed by atoms with E-state index in [1.54, 1.807) is 12.1 Å². The van der Waals surface area contributed by atoms with Crippen LogP contribution in [0, 0.1) is 13.8 Å². The summed E-state index contributed by atoms with van der Waals surface area (Å²) in [6, 6.07) is 7.80. The Morgan fingerprint density at radius 2 is 2.00 bits per heavy atom. The molecule has 1 aliphatic rings. The summed E-state index contributed by atoms with van der Waals surface area (Å²) in [6.07, 6.45) is 1.43. The van der Waals surface area contributed by atoms with Gasteiger partial charge in [0.15, 0.2) is 0 Å². The molecule has 1 aliphatic heterocycles. The van der Waals surface area contributed by atoms with Gasteiger partial charge in [-0.25, -0.2) is 17.9 Å². The van der Waals surface area contributed by atoms with Crippen LogP contribution in [0.25, 0.3) is 5.78 Å². The molecule has 1 amide bonds. The molecule has 0 fully saturated rings. The molecule has 0 saturated carbocycles. The second-order valence-corrected chi connectivity index (χ2v) is 8.39. The maximum atomic E-state index is 12.6. The number of carbonyl (C=O) groups excluding carboxylic acids is 1. The second kappa shape index (κ2) is 7.24. The molecule has 2 N–H and O–H groups in total. The lowest BCUT2D eigenvalue weighted by molar-refractivity contribution is 0.101. The predicted molar refractivity (Wildman–Crippen MR) is 107 cm³/mol. The average molecular weight is 413 g/mol. The van der Waals surface area contributed by atoms with E-state index in [2.05, 4.69) is 30.1 Å². The van der Waals surface area contributed by atoms with E-state index in [1.165, 1.54) is 16.6 Å². The van der Waals surface area contributed by atoms with Crippen molar-refractivity contribution in [3.8, 4) is 0 Å². The normalized spacial score (nSPS) is 14.1. The highest BCUT2D eigenvalue weighted by Gasteiger charge is 2.20. The van der Waals surface area contributed by atoms with Crippen LogP contribution < -0.4 is 10.0 Å². The number of nitrogens with zero attached hydrogens (tertiary/aromatic N) is 5. The zero-order valence-electron chi connectivity index (χ0n) is 15.9.